The van der Waals surface area contributed by atoms with Crippen LogP contribution in [-0.4, -0.2) is 11.0 Å². The monoisotopic (exact) mass is 404 g/mol. The minimum atomic E-state index is 0.0293. The third-order valence-corrected chi connectivity index (χ3v) is 8.96. The summed E-state index contributed by atoms with van der Waals surface area (Å²) in [5.41, 5.74) is 2.04. The molecule has 1 aromatic carbocycles. The van der Waals surface area contributed by atoms with Gasteiger partial charge in [-0.2, -0.15) is 10.5 Å². The smallest absolute Gasteiger partial charge is 0.164 e. The normalized spacial score (nSPS) is 31.5. The third-order valence-electron chi connectivity index (χ3n) is 7.53. The zero-order chi connectivity index (χ0) is 20.5. The van der Waals surface area contributed by atoms with E-state index in [1.807, 2.05) is 23.9 Å². The molecule has 150 valence electrons. The van der Waals surface area contributed by atoms with Gasteiger partial charge in [0.05, 0.1) is 0 Å². The fraction of sp³-hybridized carbons (Fsp3) is 0.560. The van der Waals surface area contributed by atoms with E-state index in [1.165, 1.54) is 10.5 Å². The number of nitriles is 2. The van der Waals surface area contributed by atoms with Crippen molar-refractivity contribution in [1.82, 2.24) is 0 Å². The summed E-state index contributed by atoms with van der Waals surface area (Å²) in [4.78, 5) is 14.4. The van der Waals surface area contributed by atoms with Crippen LogP contribution in [0.2, 0.25) is 0 Å². The molecular weight excluding hydrogens is 376 g/mol. The SMILES string of the molecule is CCC(C)c1ccc(SC2CCC3C(=O)C(=C(C#N)C#N)C4CCCC2C34)cc1. The van der Waals surface area contributed by atoms with Crippen molar-refractivity contribution in [3.8, 4) is 12.1 Å². The van der Waals surface area contributed by atoms with Crippen molar-refractivity contribution in [2.75, 3.05) is 0 Å². The molecule has 0 bridgehead atoms. The molecule has 3 aliphatic rings. The van der Waals surface area contributed by atoms with E-state index in [2.05, 4.69) is 38.1 Å². The molecule has 0 amide bonds. The maximum atomic E-state index is 13.1. The molecule has 4 rings (SSSR count). The summed E-state index contributed by atoms with van der Waals surface area (Å²) < 4.78 is 0. The van der Waals surface area contributed by atoms with Crippen molar-refractivity contribution < 1.29 is 4.79 Å². The van der Waals surface area contributed by atoms with Crippen LogP contribution in [-0.2, 0) is 4.79 Å². The summed E-state index contributed by atoms with van der Waals surface area (Å²) >= 11 is 1.98. The first-order chi connectivity index (χ1) is 14.1. The van der Waals surface area contributed by atoms with Gasteiger partial charge < -0.3 is 0 Å². The second kappa shape index (κ2) is 8.37. The number of carbonyl (C=O) groups excluding carboxylic acids is 1. The number of benzene rings is 1. The quantitative estimate of drug-likeness (QED) is 0.454. The Bertz CT molecular complexity index is 888. The summed E-state index contributed by atoms with van der Waals surface area (Å²) in [6, 6.07) is 13.0. The highest BCUT2D eigenvalue weighted by Gasteiger charge is 2.55. The third kappa shape index (κ3) is 3.53. The second-order valence-electron chi connectivity index (χ2n) is 8.87. The van der Waals surface area contributed by atoms with Crippen LogP contribution in [0.1, 0.15) is 63.9 Å². The van der Waals surface area contributed by atoms with Gasteiger partial charge in [-0.15, -0.1) is 11.8 Å². The minimum absolute atomic E-state index is 0.0293. The summed E-state index contributed by atoms with van der Waals surface area (Å²) in [5, 5.41) is 19.3. The maximum Gasteiger partial charge on any atom is 0.164 e. The Kier molecular flexibility index (Phi) is 5.84. The Labute approximate surface area is 178 Å². The molecule has 3 aliphatic carbocycles. The van der Waals surface area contributed by atoms with Crippen LogP contribution in [0.25, 0.3) is 0 Å². The molecule has 0 saturated heterocycles. The van der Waals surface area contributed by atoms with Crippen molar-refractivity contribution in [1.29, 1.82) is 10.5 Å². The van der Waals surface area contributed by atoms with Gasteiger partial charge in [0.1, 0.15) is 17.7 Å². The fourth-order valence-electron chi connectivity index (χ4n) is 5.93. The molecule has 0 radical (unpaired) electrons. The molecule has 0 aromatic heterocycles. The molecule has 29 heavy (non-hydrogen) atoms. The number of allylic oxidation sites excluding steroid dienone is 2. The standard InChI is InChI=1S/C25H28N2OS/c1-3-15(2)16-7-9-18(10-8-16)29-22-12-11-21-24-19(22)5-4-6-20(24)23(25(21)28)17(13-26)14-27/h7-10,15,19-22,24H,3-6,11-12H2,1-2H3. The van der Waals surface area contributed by atoms with Crippen LogP contribution >= 0.6 is 11.8 Å². The number of ketones is 1. The highest BCUT2D eigenvalue weighted by atomic mass is 32.2. The van der Waals surface area contributed by atoms with Gasteiger partial charge in [-0.05, 0) is 73.5 Å². The zero-order valence-corrected chi connectivity index (χ0v) is 18.0. The van der Waals surface area contributed by atoms with E-state index in [9.17, 15) is 15.3 Å². The van der Waals surface area contributed by atoms with Gasteiger partial charge in [-0.1, -0.05) is 32.4 Å². The lowest BCUT2D eigenvalue weighted by Gasteiger charge is -2.44. The summed E-state index contributed by atoms with van der Waals surface area (Å²) in [5.74, 6) is 1.68. The van der Waals surface area contributed by atoms with Crippen LogP contribution in [0.5, 0.6) is 0 Å². The van der Waals surface area contributed by atoms with Crippen molar-refractivity contribution in [3.63, 3.8) is 0 Å². The molecule has 6 unspecified atom stereocenters. The van der Waals surface area contributed by atoms with Gasteiger partial charge in [0.2, 0.25) is 0 Å². The lowest BCUT2D eigenvalue weighted by molar-refractivity contribution is -0.119. The number of hydrogen-bond acceptors (Lipinski definition) is 4. The van der Waals surface area contributed by atoms with Crippen LogP contribution < -0.4 is 0 Å². The Morgan fingerprint density at radius 1 is 1.10 bits per heavy atom. The number of hydrogen-bond donors (Lipinski definition) is 0. The Hall–Kier alpha value is -2.04. The van der Waals surface area contributed by atoms with E-state index >= 15 is 0 Å². The summed E-state index contributed by atoms with van der Waals surface area (Å²) in [6.07, 6.45) is 6.29. The maximum absolute atomic E-state index is 13.1. The molecule has 3 nitrogen and oxygen atoms in total. The number of rotatable bonds is 4. The van der Waals surface area contributed by atoms with Gasteiger partial charge in [-0.3, -0.25) is 4.79 Å². The minimum Gasteiger partial charge on any atom is -0.294 e. The Morgan fingerprint density at radius 3 is 2.48 bits per heavy atom. The van der Waals surface area contributed by atoms with E-state index in [0.29, 0.717) is 28.6 Å². The summed E-state index contributed by atoms with van der Waals surface area (Å²) in [6.45, 7) is 4.49. The van der Waals surface area contributed by atoms with E-state index < -0.39 is 0 Å². The van der Waals surface area contributed by atoms with Crippen LogP contribution in [0.3, 0.4) is 0 Å². The zero-order valence-electron chi connectivity index (χ0n) is 17.2. The summed E-state index contributed by atoms with van der Waals surface area (Å²) in [7, 11) is 0. The molecule has 3 saturated carbocycles. The van der Waals surface area contributed by atoms with E-state index in [-0.39, 0.29) is 23.2 Å². The Morgan fingerprint density at radius 2 is 1.83 bits per heavy atom. The average molecular weight is 405 g/mol. The fourth-order valence-corrected chi connectivity index (χ4v) is 7.32. The van der Waals surface area contributed by atoms with E-state index in [4.69, 9.17) is 0 Å². The molecule has 0 heterocycles. The van der Waals surface area contributed by atoms with Crippen LogP contribution in [0, 0.1) is 46.3 Å². The van der Waals surface area contributed by atoms with Crippen molar-refractivity contribution in [2.24, 2.45) is 23.7 Å². The van der Waals surface area contributed by atoms with Crippen molar-refractivity contribution in [3.05, 3.63) is 41.0 Å². The van der Waals surface area contributed by atoms with Gasteiger partial charge >= 0.3 is 0 Å². The van der Waals surface area contributed by atoms with Crippen LogP contribution in [0.4, 0.5) is 0 Å². The average Bonchev–Trinajstić information content (AvgIpc) is 3.04. The first kappa shape index (κ1) is 20.2. The largest absolute Gasteiger partial charge is 0.294 e. The number of nitrogens with zero attached hydrogens (tertiary/aromatic N) is 2. The molecular formula is C25H28N2OS. The van der Waals surface area contributed by atoms with Crippen molar-refractivity contribution >= 4 is 17.5 Å². The highest BCUT2D eigenvalue weighted by molar-refractivity contribution is 8.00. The molecule has 0 aliphatic heterocycles. The Balaban J connectivity index is 1.57. The molecule has 4 heteroatoms. The number of thioether (sulfide) groups is 1. The van der Waals surface area contributed by atoms with E-state index in [1.54, 1.807) is 0 Å². The molecule has 6 atom stereocenters. The van der Waals surface area contributed by atoms with Gasteiger partial charge in [0.15, 0.2) is 5.78 Å². The first-order valence-electron chi connectivity index (χ1n) is 10.9. The predicted octanol–water partition coefficient (Wildman–Crippen LogP) is 6.03. The molecule has 3 fully saturated rings. The second-order valence-corrected chi connectivity index (χ2v) is 10.2. The first-order valence-corrected chi connectivity index (χ1v) is 11.8. The van der Waals surface area contributed by atoms with Gasteiger partial charge in [-0.25, -0.2) is 0 Å². The molecule has 0 spiro atoms. The lowest BCUT2D eigenvalue weighted by Crippen LogP contribution is -2.40. The molecule has 0 N–H and O–H groups in total. The van der Waals surface area contributed by atoms with Crippen molar-refractivity contribution in [2.45, 2.75) is 68.4 Å². The lowest BCUT2D eigenvalue weighted by atomic mass is 9.64. The number of carbonyl (C=O) groups is 1. The van der Waals surface area contributed by atoms with Crippen LogP contribution in [0.15, 0.2) is 40.3 Å². The topological polar surface area (TPSA) is 64.7 Å². The highest BCUT2D eigenvalue weighted by Crippen LogP contribution is 2.58. The van der Waals surface area contributed by atoms with E-state index in [0.717, 1.165) is 38.5 Å². The predicted molar refractivity (Wildman–Crippen MR) is 115 cm³/mol. The van der Waals surface area contributed by atoms with Gasteiger partial charge in [0, 0.05) is 21.6 Å². The number of Topliss-reactive ketones (excluding diaryl/α,β-unsaturated/α-hetero) is 1. The van der Waals surface area contributed by atoms with Gasteiger partial charge in [0.25, 0.3) is 0 Å². The molecule has 1 aromatic rings.